The van der Waals surface area contributed by atoms with Crippen LogP contribution in [-0.2, 0) is 6.42 Å². The molecule has 0 aromatic heterocycles. The van der Waals surface area contributed by atoms with Crippen LogP contribution in [0, 0.1) is 12.8 Å². The standard InChI is InChI=1S/C11H15N/c1-7-3-4-9-6-8(2)11(12)10(9)5-7/h3-5,8,11H,6,12H2,1-2H3/t8-,11-/m0/s1. The second kappa shape index (κ2) is 2.60. The Morgan fingerprint density at radius 1 is 1.42 bits per heavy atom. The van der Waals surface area contributed by atoms with Crippen molar-refractivity contribution in [3.63, 3.8) is 0 Å². The molecule has 0 bridgehead atoms. The highest BCUT2D eigenvalue weighted by Crippen LogP contribution is 2.34. The normalized spacial score (nSPS) is 27.2. The van der Waals surface area contributed by atoms with Gasteiger partial charge in [0, 0.05) is 6.04 Å². The molecule has 0 unspecified atom stereocenters. The quantitative estimate of drug-likeness (QED) is 0.620. The number of rotatable bonds is 0. The van der Waals surface area contributed by atoms with Gasteiger partial charge in [0.2, 0.25) is 0 Å². The van der Waals surface area contributed by atoms with Gasteiger partial charge in [-0.3, -0.25) is 0 Å². The lowest BCUT2D eigenvalue weighted by Crippen LogP contribution is -2.13. The fourth-order valence-corrected chi connectivity index (χ4v) is 1.99. The highest BCUT2D eigenvalue weighted by Gasteiger charge is 2.25. The molecule has 0 amide bonds. The second-order valence-corrected chi connectivity index (χ2v) is 3.91. The van der Waals surface area contributed by atoms with Crippen molar-refractivity contribution >= 4 is 0 Å². The number of hydrogen-bond donors (Lipinski definition) is 1. The third kappa shape index (κ3) is 1.05. The number of hydrogen-bond acceptors (Lipinski definition) is 1. The SMILES string of the molecule is Cc1ccc2c(c1)[C@@H](N)[C@@H](C)C2. The summed E-state index contributed by atoms with van der Waals surface area (Å²) in [4.78, 5) is 0. The van der Waals surface area contributed by atoms with E-state index >= 15 is 0 Å². The van der Waals surface area contributed by atoms with Gasteiger partial charge in [0.25, 0.3) is 0 Å². The minimum atomic E-state index is 0.264. The van der Waals surface area contributed by atoms with Gasteiger partial charge < -0.3 is 5.73 Å². The van der Waals surface area contributed by atoms with E-state index in [2.05, 4.69) is 32.0 Å². The summed E-state index contributed by atoms with van der Waals surface area (Å²) < 4.78 is 0. The lowest BCUT2D eigenvalue weighted by atomic mass is 10.0. The Kier molecular flexibility index (Phi) is 1.69. The topological polar surface area (TPSA) is 26.0 Å². The van der Waals surface area contributed by atoms with Gasteiger partial charge in [-0.1, -0.05) is 30.7 Å². The summed E-state index contributed by atoms with van der Waals surface area (Å²) in [6, 6.07) is 6.88. The van der Waals surface area contributed by atoms with Crippen LogP contribution in [0.2, 0.25) is 0 Å². The van der Waals surface area contributed by atoms with Crippen molar-refractivity contribution < 1.29 is 0 Å². The van der Waals surface area contributed by atoms with Crippen LogP contribution in [0.4, 0.5) is 0 Å². The number of nitrogens with two attached hydrogens (primary N) is 1. The van der Waals surface area contributed by atoms with Gasteiger partial charge in [0.1, 0.15) is 0 Å². The molecule has 2 atom stereocenters. The third-order valence-corrected chi connectivity index (χ3v) is 2.82. The molecule has 0 heterocycles. The summed E-state index contributed by atoms with van der Waals surface area (Å²) in [5, 5.41) is 0. The average Bonchev–Trinajstić information content (AvgIpc) is 2.31. The summed E-state index contributed by atoms with van der Waals surface area (Å²) in [6.45, 7) is 4.34. The molecule has 1 aliphatic rings. The number of fused-ring (bicyclic) bond motifs is 1. The van der Waals surface area contributed by atoms with E-state index in [-0.39, 0.29) is 6.04 Å². The van der Waals surface area contributed by atoms with E-state index in [9.17, 15) is 0 Å². The summed E-state index contributed by atoms with van der Waals surface area (Å²) in [7, 11) is 0. The minimum Gasteiger partial charge on any atom is -0.324 e. The molecule has 0 fully saturated rings. The van der Waals surface area contributed by atoms with Crippen LogP contribution in [0.3, 0.4) is 0 Å². The predicted octanol–water partition coefficient (Wildman–Crippen LogP) is 2.19. The first-order valence-corrected chi connectivity index (χ1v) is 4.53. The van der Waals surface area contributed by atoms with E-state index in [1.807, 2.05) is 0 Å². The molecule has 2 rings (SSSR count). The highest BCUT2D eigenvalue weighted by atomic mass is 14.7. The maximum Gasteiger partial charge on any atom is 0.0326 e. The predicted molar refractivity (Wildman–Crippen MR) is 51.0 cm³/mol. The highest BCUT2D eigenvalue weighted by molar-refractivity contribution is 5.38. The van der Waals surface area contributed by atoms with Crippen molar-refractivity contribution in [1.29, 1.82) is 0 Å². The third-order valence-electron chi connectivity index (χ3n) is 2.82. The zero-order valence-corrected chi connectivity index (χ0v) is 7.67. The molecule has 1 heteroatoms. The van der Waals surface area contributed by atoms with Gasteiger partial charge >= 0.3 is 0 Å². The Hall–Kier alpha value is -0.820. The Bertz CT molecular complexity index is 304. The Balaban J connectivity index is 2.48. The molecule has 64 valence electrons. The second-order valence-electron chi connectivity index (χ2n) is 3.91. The largest absolute Gasteiger partial charge is 0.324 e. The van der Waals surface area contributed by atoms with Crippen LogP contribution < -0.4 is 5.73 Å². The lowest BCUT2D eigenvalue weighted by molar-refractivity contribution is 0.513. The van der Waals surface area contributed by atoms with E-state index in [4.69, 9.17) is 5.73 Å². The Morgan fingerprint density at radius 3 is 2.92 bits per heavy atom. The molecule has 0 saturated heterocycles. The summed E-state index contributed by atoms with van der Waals surface area (Å²) in [6.07, 6.45) is 1.15. The molecular formula is C11H15N. The number of benzene rings is 1. The van der Waals surface area contributed by atoms with Gasteiger partial charge in [-0.25, -0.2) is 0 Å². The van der Waals surface area contributed by atoms with E-state index < -0.39 is 0 Å². The zero-order valence-electron chi connectivity index (χ0n) is 7.67. The molecular weight excluding hydrogens is 146 g/mol. The van der Waals surface area contributed by atoms with Crippen LogP contribution in [-0.4, -0.2) is 0 Å². The van der Waals surface area contributed by atoms with Crippen LogP contribution in [0.15, 0.2) is 18.2 Å². The van der Waals surface area contributed by atoms with Crippen molar-refractivity contribution in [1.82, 2.24) is 0 Å². The average molecular weight is 161 g/mol. The molecule has 0 aliphatic heterocycles. The molecule has 0 spiro atoms. The van der Waals surface area contributed by atoms with Crippen molar-refractivity contribution in [2.24, 2.45) is 11.7 Å². The Labute approximate surface area is 73.6 Å². The summed E-state index contributed by atoms with van der Waals surface area (Å²) >= 11 is 0. The van der Waals surface area contributed by atoms with E-state index in [1.54, 1.807) is 0 Å². The molecule has 2 N–H and O–H groups in total. The fourth-order valence-electron chi connectivity index (χ4n) is 1.99. The number of aryl methyl sites for hydroxylation is 1. The van der Waals surface area contributed by atoms with Crippen molar-refractivity contribution in [3.8, 4) is 0 Å². The molecule has 1 nitrogen and oxygen atoms in total. The molecule has 1 aliphatic carbocycles. The Morgan fingerprint density at radius 2 is 2.17 bits per heavy atom. The van der Waals surface area contributed by atoms with Crippen LogP contribution in [0.5, 0.6) is 0 Å². The van der Waals surface area contributed by atoms with E-state index in [0.717, 1.165) is 6.42 Å². The lowest BCUT2D eigenvalue weighted by Gasteiger charge is -2.09. The monoisotopic (exact) mass is 161 g/mol. The van der Waals surface area contributed by atoms with Gasteiger partial charge in [-0.15, -0.1) is 0 Å². The van der Waals surface area contributed by atoms with Crippen molar-refractivity contribution in [3.05, 3.63) is 34.9 Å². The molecule has 1 aromatic carbocycles. The summed E-state index contributed by atoms with van der Waals surface area (Å²) in [5.74, 6) is 0.613. The maximum absolute atomic E-state index is 6.06. The maximum atomic E-state index is 6.06. The van der Waals surface area contributed by atoms with Gasteiger partial charge in [-0.2, -0.15) is 0 Å². The molecule has 0 saturated carbocycles. The van der Waals surface area contributed by atoms with Crippen molar-refractivity contribution in [2.75, 3.05) is 0 Å². The van der Waals surface area contributed by atoms with Crippen LogP contribution in [0.25, 0.3) is 0 Å². The summed E-state index contributed by atoms with van der Waals surface area (Å²) in [5.41, 5.74) is 10.2. The first-order chi connectivity index (χ1) is 5.68. The van der Waals surface area contributed by atoms with Gasteiger partial charge in [0.05, 0.1) is 0 Å². The molecule has 0 radical (unpaired) electrons. The fraction of sp³-hybridized carbons (Fsp3) is 0.455. The first kappa shape index (κ1) is 7.81. The van der Waals surface area contributed by atoms with Crippen LogP contribution in [0.1, 0.15) is 29.7 Å². The first-order valence-electron chi connectivity index (χ1n) is 4.53. The molecule has 12 heavy (non-hydrogen) atoms. The minimum absolute atomic E-state index is 0.264. The van der Waals surface area contributed by atoms with Crippen molar-refractivity contribution in [2.45, 2.75) is 26.3 Å². The smallest absolute Gasteiger partial charge is 0.0326 e. The van der Waals surface area contributed by atoms with E-state index in [0.29, 0.717) is 5.92 Å². The van der Waals surface area contributed by atoms with Gasteiger partial charge in [-0.05, 0) is 30.4 Å². The zero-order chi connectivity index (χ0) is 8.72. The van der Waals surface area contributed by atoms with Crippen LogP contribution >= 0.6 is 0 Å². The van der Waals surface area contributed by atoms with Gasteiger partial charge in [0.15, 0.2) is 0 Å². The van der Waals surface area contributed by atoms with E-state index in [1.165, 1.54) is 16.7 Å². The molecule has 1 aromatic rings.